The van der Waals surface area contributed by atoms with E-state index in [-0.39, 0.29) is 11.4 Å². The molecule has 1 amide bonds. The average Bonchev–Trinajstić information content (AvgIpc) is 3.45. The number of anilines is 1. The lowest BCUT2D eigenvalue weighted by atomic mass is 9.91. The Morgan fingerprint density at radius 1 is 0.919 bits per heavy atom. The second-order valence-electron chi connectivity index (χ2n) is 9.23. The van der Waals surface area contributed by atoms with E-state index < -0.39 is 23.5 Å². The zero-order valence-corrected chi connectivity index (χ0v) is 20.8. The van der Waals surface area contributed by atoms with Gasteiger partial charge in [-0.1, -0.05) is 50.2 Å². The van der Waals surface area contributed by atoms with E-state index in [1.54, 1.807) is 62.4 Å². The molecular weight excluding hydrogens is 470 g/mol. The topological polar surface area (TPSA) is 122 Å². The van der Waals surface area contributed by atoms with E-state index in [2.05, 4.69) is 34.2 Å². The minimum atomic E-state index is -0.916. The summed E-state index contributed by atoms with van der Waals surface area (Å²) in [4.78, 5) is 28.3. The van der Waals surface area contributed by atoms with Gasteiger partial charge in [-0.25, -0.2) is 0 Å². The van der Waals surface area contributed by atoms with E-state index in [0.29, 0.717) is 40.1 Å². The number of aliphatic hydroxyl groups excluding tert-OH is 1. The van der Waals surface area contributed by atoms with Gasteiger partial charge < -0.3 is 9.52 Å². The van der Waals surface area contributed by atoms with E-state index in [9.17, 15) is 14.7 Å². The van der Waals surface area contributed by atoms with E-state index in [4.69, 9.17) is 4.42 Å². The van der Waals surface area contributed by atoms with Gasteiger partial charge in [0, 0.05) is 18.1 Å². The first kappa shape index (κ1) is 24.1. The first-order chi connectivity index (χ1) is 17.7. The third-order valence-electron chi connectivity index (χ3n) is 6.32. The molecule has 3 heterocycles. The van der Waals surface area contributed by atoms with Crippen molar-refractivity contribution in [3.8, 4) is 11.5 Å². The van der Waals surface area contributed by atoms with Crippen molar-refractivity contribution in [3.63, 3.8) is 0 Å². The van der Waals surface area contributed by atoms with Crippen molar-refractivity contribution in [1.82, 2.24) is 20.4 Å². The Labute approximate surface area is 213 Å². The summed E-state index contributed by atoms with van der Waals surface area (Å²) in [5.74, 6) is -0.452. The molecule has 5 rings (SSSR count). The Kier molecular flexibility index (Phi) is 6.12. The van der Waals surface area contributed by atoms with Crippen LogP contribution in [0.5, 0.6) is 0 Å². The summed E-state index contributed by atoms with van der Waals surface area (Å²) in [6.07, 6.45) is 0. The number of amides is 1. The third-order valence-corrected chi connectivity index (χ3v) is 6.32. The highest BCUT2D eigenvalue weighted by atomic mass is 16.4. The number of rotatable bonds is 6. The maximum absolute atomic E-state index is 13.7. The van der Waals surface area contributed by atoms with Crippen LogP contribution in [0.1, 0.15) is 58.9 Å². The number of carbonyl (C=O) groups is 2. The molecule has 0 saturated heterocycles. The first-order valence-electron chi connectivity index (χ1n) is 11.9. The molecule has 0 bridgehead atoms. The summed E-state index contributed by atoms with van der Waals surface area (Å²) in [5.41, 5.74) is 3.38. The third kappa shape index (κ3) is 4.40. The van der Waals surface area contributed by atoms with Crippen molar-refractivity contribution in [2.24, 2.45) is 0 Å². The lowest BCUT2D eigenvalue weighted by molar-refractivity contribution is -0.117. The van der Waals surface area contributed by atoms with E-state index in [1.807, 2.05) is 12.1 Å². The predicted molar refractivity (Wildman–Crippen MR) is 136 cm³/mol. The number of hydrogen-bond acceptors (Lipinski definition) is 8. The van der Waals surface area contributed by atoms with Gasteiger partial charge in [-0.15, -0.1) is 15.3 Å². The fourth-order valence-corrected chi connectivity index (χ4v) is 4.31. The molecule has 9 heteroatoms. The average molecular weight is 496 g/mol. The Morgan fingerprint density at radius 3 is 2.19 bits per heavy atom. The molecule has 0 fully saturated rings. The zero-order valence-electron chi connectivity index (χ0n) is 20.8. The summed E-state index contributed by atoms with van der Waals surface area (Å²) in [6, 6.07) is 16.7. The van der Waals surface area contributed by atoms with Crippen molar-refractivity contribution in [3.05, 3.63) is 100 Å². The molecule has 1 N–H and O–H groups in total. The highest BCUT2D eigenvalue weighted by Crippen LogP contribution is 2.41. The number of carbonyl (C=O) groups excluding carboxylic acids is 2. The molecule has 1 aliphatic rings. The Hall–Kier alpha value is -4.66. The Bertz CT molecular complexity index is 1500. The lowest BCUT2D eigenvalue weighted by Gasteiger charge is -2.25. The van der Waals surface area contributed by atoms with Gasteiger partial charge in [0.15, 0.2) is 17.4 Å². The fraction of sp³-hybridized carbons (Fsp3) is 0.214. The molecule has 2 aromatic carbocycles. The second-order valence-corrected chi connectivity index (χ2v) is 9.23. The van der Waals surface area contributed by atoms with Crippen LogP contribution in [-0.4, -0.2) is 37.2 Å². The van der Waals surface area contributed by atoms with Crippen LogP contribution in [0.4, 0.5) is 5.82 Å². The highest BCUT2D eigenvalue weighted by molar-refractivity contribution is 6.20. The van der Waals surface area contributed by atoms with Crippen LogP contribution in [-0.2, 0) is 4.79 Å². The van der Waals surface area contributed by atoms with Gasteiger partial charge in [0.05, 0.1) is 17.3 Å². The minimum absolute atomic E-state index is 0.0222. The molecule has 0 aliphatic carbocycles. The van der Waals surface area contributed by atoms with E-state index in [1.165, 1.54) is 4.90 Å². The highest BCUT2D eigenvalue weighted by Gasteiger charge is 2.45. The van der Waals surface area contributed by atoms with Crippen molar-refractivity contribution >= 4 is 17.5 Å². The smallest absolute Gasteiger partial charge is 0.295 e. The Balaban J connectivity index is 1.59. The van der Waals surface area contributed by atoms with E-state index >= 15 is 0 Å². The SMILES string of the molecule is Cc1ccc(N2C(=O)C(O)=C(C(=O)c3ccc(C(C)C)cc3)C2c2ccc(-c3nnc(C)o3)cc2)nn1. The number of aryl methyl sites for hydroxylation is 2. The maximum atomic E-state index is 13.7. The normalized spacial score (nSPS) is 15.6. The fourth-order valence-electron chi connectivity index (χ4n) is 4.31. The molecule has 2 aromatic heterocycles. The summed E-state index contributed by atoms with van der Waals surface area (Å²) < 4.78 is 5.51. The van der Waals surface area contributed by atoms with Gasteiger partial charge in [0.1, 0.15) is 0 Å². The van der Waals surface area contributed by atoms with Gasteiger partial charge in [-0.2, -0.15) is 5.10 Å². The molecule has 0 radical (unpaired) electrons. The van der Waals surface area contributed by atoms with Crippen molar-refractivity contribution < 1.29 is 19.1 Å². The summed E-state index contributed by atoms with van der Waals surface area (Å²) >= 11 is 0. The second kappa shape index (κ2) is 9.42. The summed E-state index contributed by atoms with van der Waals surface area (Å²) in [7, 11) is 0. The minimum Gasteiger partial charge on any atom is -0.503 e. The van der Waals surface area contributed by atoms with Crippen LogP contribution >= 0.6 is 0 Å². The molecule has 1 aliphatic heterocycles. The maximum Gasteiger partial charge on any atom is 0.295 e. The number of nitrogens with zero attached hydrogens (tertiary/aromatic N) is 5. The van der Waals surface area contributed by atoms with E-state index in [0.717, 1.165) is 5.56 Å². The molecule has 37 heavy (non-hydrogen) atoms. The lowest BCUT2D eigenvalue weighted by Crippen LogP contribution is -2.32. The first-order valence-corrected chi connectivity index (χ1v) is 11.9. The molecule has 0 saturated carbocycles. The quantitative estimate of drug-likeness (QED) is 0.369. The molecule has 9 nitrogen and oxygen atoms in total. The number of benzene rings is 2. The molecule has 4 aromatic rings. The van der Waals surface area contributed by atoms with Crippen molar-refractivity contribution in [2.45, 2.75) is 39.7 Å². The number of ketones is 1. The Morgan fingerprint density at radius 2 is 1.62 bits per heavy atom. The van der Waals surface area contributed by atoms with Crippen molar-refractivity contribution in [2.75, 3.05) is 4.90 Å². The molecule has 1 unspecified atom stereocenters. The van der Waals surface area contributed by atoms with Crippen LogP contribution in [0.3, 0.4) is 0 Å². The van der Waals surface area contributed by atoms with Crippen LogP contribution in [0.15, 0.2) is 76.4 Å². The summed E-state index contributed by atoms with van der Waals surface area (Å²) in [6.45, 7) is 7.62. The number of aliphatic hydroxyl groups is 1. The van der Waals surface area contributed by atoms with Crippen molar-refractivity contribution in [1.29, 1.82) is 0 Å². The predicted octanol–water partition coefficient (Wildman–Crippen LogP) is 5.05. The van der Waals surface area contributed by atoms with Gasteiger partial charge in [-0.05, 0) is 48.2 Å². The molecule has 0 spiro atoms. The number of hydrogen-bond donors (Lipinski definition) is 1. The standard InChI is InChI=1S/C28H25N5O4/c1-15(2)18-6-10-20(11-7-18)25(34)23-24(19-8-12-21(13-9-19)27-32-30-17(4)37-27)33(28(36)26(23)35)22-14-5-16(3)29-31-22/h5-15,24,35H,1-4H3. The van der Waals surface area contributed by atoms with Crippen LogP contribution in [0.25, 0.3) is 11.5 Å². The van der Waals surface area contributed by atoms with Crippen LogP contribution in [0, 0.1) is 13.8 Å². The van der Waals surface area contributed by atoms with Gasteiger partial charge in [0.2, 0.25) is 11.8 Å². The molecule has 1 atom stereocenters. The van der Waals surface area contributed by atoms with Gasteiger partial charge >= 0.3 is 0 Å². The largest absolute Gasteiger partial charge is 0.503 e. The van der Waals surface area contributed by atoms with Gasteiger partial charge in [-0.3, -0.25) is 14.5 Å². The summed E-state index contributed by atoms with van der Waals surface area (Å²) in [5, 5.41) is 27.1. The number of Topliss-reactive ketones (excluding diaryl/α,β-unsaturated/α-hetero) is 1. The number of aromatic nitrogens is 4. The molecule has 186 valence electrons. The monoisotopic (exact) mass is 495 g/mol. The van der Waals surface area contributed by atoms with Crippen LogP contribution in [0.2, 0.25) is 0 Å². The van der Waals surface area contributed by atoms with Gasteiger partial charge in [0.25, 0.3) is 5.91 Å². The molecular formula is C28H25N5O4. The van der Waals surface area contributed by atoms with Crippen LogP contribution < -0.4 is 4.90 Å². The zero-order chi connectivity index (χ0) is 26.3.